The molecule has 2 heterocycles. The number of H-pyrrole nitrogens is 1. The number of nitrogens with one attached hydrogen (secondary N) is 2. The molecule has 2 N–H and O–H groups in total. The Kier molecular flexibility index (Phi) is 6.26. The molecule has 0 saturated carbocycles. The van der Waals surface area contributed by atoms with E-state index in [1.807, 2.05) is 37.5 Å². The van der Waals surface area contributed by atoms with Gasteiger partial charge >= 0.3 is 0 Å². The van der Waals surface area contributed by atoms with Crippen LogP contribution in [0.2, 0.25) is 5.02 Å². The van der Waals surface area contributed by atoms with Gasteiger partial charge in [-0.2, -0.15) is 5.10 Å². The highest BCUT2D eigenvalue weighted by Crippen LogP contribution is 2.24. The number of hydrogen-bond donors (Lipinski definition) is 2. The molecule has 1 atom stereocenters. The highest BCUT2D eigenvalue weighted by Gasteiger charge is 2.20. The van der Waals surface area contributed by atoms with E-state index >= 15 is 0 Å². The number of piperidine rings is 1. The molecular weight excluding hydrogens is 319 g/mol. The average Bonchev–Trinajstić information content (AvgIpc) is 2.96. The van der Waals surface area contributed by atoms with Gasteiger partial charge in [0.15, 0.2) is 0 Å². The van der Waals surface area contributed by atoms with Crippen molar-refractivity contribution in [2.24, 2.45) is 0 Å². The first-order chi connectivity index (χ1) is 10.3. The summed E-state index contributed by atoms with van der Waals surface area (Å²) in [5, 5.41) is 11.5. The second-order valence-corrected chi connectivity index (χ2v) is 6.08. The first-order valence-electron chi connectivity index (χ1n) is 7.44. The van der Waals surface area contributed by atoms with E-state index in [1.54, 1.807) is 0 Å². The maximum Gasteiger partial charge on any atom is 0.0695 e. The van der Waals surface area contributed by atoms with E-state index in [2.05, 4.69) is 20.4 Å². The summed E-state index contributed by atoms with van der Waals surface area (Å²) in [7, 11) is 2.05. The average molecular weight is 341 g/mol. The third-order valence-electron chi connectivity index (χ3n) is 4.16. The van der Waals surface area contributed by atoms with Gasteiger partial charge < -0.3 is 5.32 Å². The summed E-state index contributed by atoms with van der Waals surface area (Å²) in [4.78, 5) is 2.49. The monoisotopic (exact) mass is 340 g/mol. The second-order valence-electron chi connectivity index (χ2n) is 5.64. The molecule has 0 bridgehead atoms. The second kappa shape index (κ2) is 7.97. The van der Waals surface area contributed by atoms with Crippen LogP contribution >= 0.6 is 24.0 Å². The highest BCUT2D eigenvalue weighted by atomic mass is 35.5. The van der Waals surface area contributed by atoms with Gasteiger partial charge in [-0.3, -0.25) is 10.00 Å². The molecule has 2 aromatic rings. The van der Waals surface area contributed by atoms with Gasteiger partial charge in [-0.25, -0.2) is 0 Å². The molecule has 0 aliphatic carbocycles. The zero-order valence-corrected chi connectivity index (χ0v) is 14.3. The van der Waals surface area contributed by atoms with E-state index in [4.69, 9.17) is 11.6 Å². The molecule has 1 unspecified atom stereocenters. The first-order valence-corrected chi connectivity index (χ1v) is 7.82. The van der Waals surface area contributed by atoms with Gasteiger partial charge in [-0.1, -0.05) is 23.7 Å². The van der Waals surface area contributed by atoms with Crippen molar-refractivity contribution >= 4 is 24.0 Å². The Bertz CT molecular complexity index is 582. The summed E-state index contributed by atoms with van der Waals surface area (Å²) in [6.45, 7) is 3.19. The van der Waals surface area contributed by atoms with E-state index in [1.165, 1.54) is 18.4 Å². The number of likely N-dealkylation sites (tertiary alicyclic amines) is 1. The Labute approximate surface area is 142 Å². The van der Waals surface area contributed by atoms with Crippen LogP contribution in [0.4, 0.5) is 0 Å². The summed E-state index contributed by atoms with van der Waals surface area (Å²) < 4.78 is 0. The number of nitrogens with zero attached hydrogens (tertiary/aromatic N) is 2. The lowest BCUT2D eigenvalue weighted by Gasteiger charge is -2.32. The summed E-state index contributed by atoms with van der Waals surface area (Å²) >= 11 is 5.96. The van der Waals surface area contributed by atoms with Gasteiger partial charge in [0.05, 0.1) is 11.9 Å². The Balaban J connectivity index is 0.00000176. The molecule has 1 aliphatic heterocycles. The molecule has 22 heavy (non-hydrogen) atoms. The number of rotatable bonds is 4. The van der Waals surface area contributed by atoms with Crippen LogP contribution in [0, 0.1) is 0 Å². The van der Waals surface area contributed by atoms with Crippen molar-refractivity contribution in [1.82, 2.24) is 20.4 Å². The van der Waals surface area contributed by atoms with Crippen molar-refractivity contribution < 1.29 is 0 Å². The standard InChI is InChI=1S/C16H21ClN4.ClH/c1-18-15-3-2-8-21(11-15)10-13-9-19-20-16(13)12-4-6-14(17)7-5-12;/h4-7,9,15,18H,2-3,8,10-11H2,1H3,(H,19,20);1H. The number of benzene rings is 1. The lowest BCUT2D eigenvalue weighted by atomic mass is 10.0. The van der Waals surface area contributed by atoms with Crippen molar-refractivity contribution in [1.29, 1.82) is 0 Å². The van der Waals surface area contributed by atoms with Crippen molar-refractivity contribution in [3.8, 4) is 11.3 Å². The van der Waals surface area contributed by atoms with Gasteiger partial charge in [0, 0.05) is 29.7 Å². The molecule has 3 rings (SSSR count). The van der Waals surface area contributed by atoms with Crippen molar-refractivity contribution in [2.45, 2.75) is 25.4 Å². The number of hydrogen-bond acceptors (Lipinski definition) is 3. The summed E-state index contributed by atoms with van der Waals surface area (Å²) in [5.41, 5.74) is 3.47. The lowest BCUT2D eigenvalue weighted by Crippen LogP contribution is -2.43. The highest BCUT2D eigenvalue weighted by molar-refractivity contribution is 6.30. The zero-order valence-electron chi connectivity index (χ0n) is 12.7. The van der Waals surface area contributed by atoms with Crippen molar-refractivity contribution in [2.75, 3.05) is 20.1 Å². The molecule has 1 fully saturated rings. The van der Waals surface area contributed by atoms with Crippen molar-refractivity contribution in [3.05, 3.63) is 41.0 Å². The predicted molar refractivity (Wildman–Crippen MR) is 93.6 cm³/mol. The lowest BCUT2D eigenvalue weighted by molar-refractivity contribution is 0.188. The van der Waals surface area contributed by atoms with Crippen LogP contribution < -0.4 is 5.32 Å². The third kappa shape index (κ3) is 4.02. The minimum Gasteiger partial charge on any atom is -0.316 e. The molecule has 1 aliphatic rings. The van der Waals surface area contributed by atoms with Crippen LogP contribution in [0.3, 0.4) is 0 Å². The van der Waals surface area contributed by atoms with Crippen molar-refractivity contribution in [3.63, 3.8) is 0 Å². The fraction of sp³-hybridized carbons (Fsp3) is 0.438. The smallest absolute Gasteiger partial charge is 0.0695 e. The van der Waals surface area contributed by atoms with Crippen LogP contribution in [-0.4, -0.2) is 41.3 Å². The third-order valence-corrected chi connectivity index (χ3v) is 4.41. The Morgan fingerprint density at radius 1 is 1.36 bits per heavy atom. The minimum absolute atomic E-state index is 0. The van der Waals surface area contributed by atoms with Crippen LogP contribution in [0.1, 0.15) is 18.4 Å². The fourth-order valence-corrected chi connectivity index (χ4v) is 3.10. The molecule has 120 valence electrons. The molecule has 0 spiro atoms. The Morgan fingerprint density at radius 3 is 2.86 bits per heavy atom. The van der Waals surface area contributed by atoms with E-state index in [0.717, 1.165) is 35.9 Å². The van der Waals surface area contributed by atoms with Crippen LogP contribution in [0.5, 0.6) is 0 Å². The minimum atomic E-state index is 0. The molecule has 1 saturated heterocycles. The van der Waals surface area contributed by atoms with Gasteiger partial charge in [0.25, 0.3) is 0 Å². The molecular formula is C16H22Cl2N4. The van der Waals surface area contributed by atoms with E-state index in [-0.39, 0.29) is 12.4 Å². The SMILES string of the molecule is CNC1CCCN(Cc2cn[nH]c2-c2ccc(Cl)cc2)C1.Cl. The number of aromatic nitrogens is 2. The van der Waals surface area contributed by atoms with Gasteiger partial charge in [0.1, 0.15) is 0 Å². The van der Waals surface area contributed by atoms with Crippen LogP contribution in [0.15, 0.2) is 30.5 Å². The summed E-state index contributed by atoms with van der Waals surface area (Å²) in [5.74, 6) is 0. The first kappa shape index (κ1) is 17.3. The Morgan fingerprint density at radius 2 is 2.14 bits per heavy atom. The van der Waals surface area contributed by atoms with E-state index < -0.39 is 0 Å². The van der Waals surface area contributed by atoms with Crippen LogP contribution in [-0.2, 0) is 6.54 Å². The number of halogens is 2. The van der Waals surface area contributed by atoms with Gasteiger partial charge in [0.2, 0.25) is 0 Å². The zero-order chi connectivity index (χ0) is 14.7. The van der Waals surface area contributed by atoms with E-state index in [0.29, 0.717) is 6.04 Å². The summed E-state index contributed by atoms with van der Waals surface area (Å²) in [6, 6.07) is 8.50. The maximum atomic E-state index is 5.96. The van der Waals surface area contributed by atoms with Crippen LogP contribution in [0.25, 0.3) is 11.3 Å². The topological polar surface area (TPSA) is 44.0 Å². The molecule has 0 amide bonds. The predicted octanol–water partition coefficient (Wildman–Crippen LogP) is 3.34. The maximum absolute atomic E-state index is 5.96. The molecule has 1 aromatic heterocycles. The number of likely N-dealkylation sites (N-methyl/N-ethyl adjacent to an activating group) is 1. The quantitative estimate of drug-likeness (QED) is 0.897. The number of aromatic amines is 1. The van der Waals surface area contributed by atoms with Gasteiger partial charge in [-0.05, 0) is 44.1 Å². The van der Waals surface area contributed by atoms with E-state index in [9.17, 15) is 0 Å². The Hall–Kier alpha value is -1.07. The van der Waals surface area contributed by atoms with Gasteiger partial charge in [-0.15, -0.1) is 12.4 Å². The molecule has 6 heteroatoms. The summed E-state index contributed by atoms with van der Waals surface area (Å²) in [6.07, 6.45) is 4.45. The molecule has 4 nitrogen and oxygen atoms in total. The largest absolute Gasteiger partial charge is 0.316 e. The fourth-order valence-electron chi connectivity index (χ4n) is 2.97. The normalized spacial score (nSPS) is 18.9. The molecule has 1 aromatic carbocycles. The molecule has 0 radical (unpaired) electrons.